The van der Waals surface area contributed by atoms with E-state index in [2.05, 4.69) is 6.07 Å². The maximum atomic E-state index is 12.7. The molecule has 2 aromatic carbocycles. The van der Waals surface area contributed by atoms with Crippen LogP contribution in [0.1, 0.15) is 36.3 Å². The number of halogens is 1. The lowest BCUT2D eigenvalue weighted by Crippen LogP contribution is -2.27. The minimum absolute atomic E-state index is 0.0223. The van der Waals surface area contributed by atoms with Crippen LogP contribution in [-0.4, -0.2) is 12.9 Å². The van der Waals surface area contributed by atoms with Crippen LogP contribution in [0.25, 0.3) is 0 Å². The molecule has 0 fully saturated rings. The van der Waals surface area contributed by atoms with E-state index < -0.39 is 5.92 Å². The Morgan fingerprint density at radius 3 is 2.68 bits per heavy atom. The molecule has 158 valence electrons. The summed E-state index contributed by atoms with van der Waals surface area (Å²) in [4.78, 5) is 12.7. The number of hydrogen-bond acceptors (Lipinski definition) is 6. The summed E-state index contributed by atoms with van der Waals surface area (Å²) in [6.07, 6.45) is 1.75. The first-order valence-corrected chi connectivity index (χ1v) is 10.3. The van der Waals surface area contributed by atoms with Crippen LogP contribution in [0.5, 0.6) is 11.5 Å². The van der Waals surface area contributed by atoms with E-state index in [1.807, 2.05) is 18.2 Å². The van der Waals surface area contributed by atoms with Gasteiger partial charge in [0.2, 0.25) is 5.88 Å². The Morgan fingerprint density at radius 2 is 1.97 bits per heavy atom. The number of hydrogen-bond donors (Lipinski definition) is 1. The van der Waals surface area contributed by atoms with Gasteiger partial charge in [0.05, 0.1) is 13.0 Å². The van der Waals surface area contributed by atoms with Crippen molar-refractivity contribution in [1.82, 2.24) is 0 Å². The van der Waals surface area contributed by atoms with Crippen molar-refractivity contribution < 1.29 is 19.0 Å². The molecular formula is C24H21ClN2O4. The number of carbonyl (C=O) groups excluding carboxylic acids is 1. The topological polar surface area (TPSA) is 94.6 Å². The van der Waals surface area contributed by atoms with Crippen molar-refractivity contribution in [1.29, 1.82) is 5.26 Å². The van der Waals surface area contributed by atoms with Crippen LogP contribution in [-0.2, 0) is 16.1 Å². The normalized spacial score (nSPS) is 18.2. The molecule has 0 saturated heterocycles. The lowest BCUT2D eigenvalue weighted by Gasteiger charge is -2.31. The number of allylic oxidation sites excluding steroid dienone is 3. The summed E-state index contributed by atoms with van der Waals surface area (Å²) in [6.45, 7) is 0.306. The van der Waals surface area contributed by atoms with Gasteiger partial charge in [0.1, 0.15) is 24.0 Å². The number of ketones is 1. The molecule has 0 aromatic heterocycles. The Labute approximate surface area is 185 Å². The van der Waals surface area contributed by atoms with Crippen LogP contribution in [0.15, 0.2) is 65.3 Å². The van der Waals surface area contributed by atoms with E-state index in [1.165, 1.54) is 0 Å². The van der Waals surface area contributed by atoms with Gasteiger partial charge in [-0.15, -0.1) is 0 Å². The summed E-state index contributed by atoms with van der Waals surface area (Å²) in [5.74, 6) is 1.03. The molecule has 1 atom stereocenters. The van der Waals surface area contributed by atoms with Gasteiger partial charge in [-0.05, 0) is 41.8 Å². The maximum absolute atomic E-state index is 12.7. The van der Waals surface area contributed by atoms with Crippen LogP contribution >= 0.6 is 11.6 Å². The fraction of sp³-hybridized carbons (Fsp3) is 0.250. The highest BCUT2D eigenvalue weighted by Gasteiger charge is 2.38. The fourth-order valence-electron chi connectivity index (χ4n) is 3.92. The highest BCUT2D eigenvalue weighted by atomic mass is 35.5. The van der Waals surface area contributed by atoms with Gasteiger partial charge < -0.3 is 19.9 Å². The average Bonchev–Trinajstić information content (AvgIpc) is 2.77. The number of Topliss-reactive ketones (excluding diaryl/α,β-unsaturated/α-hetero) is 1. The highest BCUT2D eigenvalue weighted by Crippen LogP contribution is 2.45. The second kappa shape index (κ2) is 8.75. The Morgan fingerprint density at radius 1 is 1.19 bits per heavy atom. The first kappa shape index (κ1) is 20.8. The lowest BCUT2D eigenvalue weighted by molar-refractivity contribution is -0.116. The molecular weight excluding hydrogens is 416 g/mol. The fourth-order valence-corrected chi connectivity index (χ4v) is 4.04. The zero-order valence-electron chi connectivity index (χ0n) is 17.0. The van der Waals surface area contributed by atoms with Crippen molar-refractivity contribution in [3.8, 4) is 17.6 Å². The summed E-state index contributed by atoms with van der Waals surface area (Å²) >= 11 is 5.95. The summed E-state index contributed by atoms with van der Waals surface area (Å²) < 4.78 is 17.1. The van der Waals surface area contributed by atoms with Gasteiger partial charge in [0.15, 0.2) is 17.3 Å². The smallest absolute Gasteiger partial charge is 0.205 e. The van der Waals surface area contributed by atoms with Crippen molar-refractivity contribution in [2.75, 3.05) is 7.11 Å². The largest absolute Gasteiger partial charge is 0.493 e. The molecule has 2 N–H and O–H groups in total. The molecule has 6 nitrogen and oxygen atoms in total. The second-order valence-electron chi connectivity index (χ2n) is 7.36. The van der Waals surface area contributed by atoms with E-state index in [-0.39, 0.29) is 17.2 Å². The number of benzene rings is 2. The molecule has 0 radical (unpaired) electrons. The predicted octanol–water partition coefficient (Wildman–Crippen LogP) is 4.74. The van der Waals surface area contributed by atoms with Crippen molar-refractivity contribution >= 4 is 17.4 Å². The van der Waals surface area contributed by atoms with Gasteiger partial charge in [-0.2, -0.15) is 5.26 Å². The van der Waals surface area contributed by atoms with Crippen LogP contribution in [0.3, 0.4) is 0 Å². The van der Waals surface area contributed by atoms with E-state index in [0.717, 1.165) is 11.1 Å². The third-order valence-corrected chi connectivity index (χ3v) is 5.69. The quantitative estimate of drug-likeness (QED) is 0.727. The Hall–Kier alpha value is -3.43. The average molecular weight is 437 g/mol. The molecule has 2 aliphatic rings. The molecule has 1 aliphatic heterocycles. The third kappa shape index (κ3) is 4.10. The zero-order valence-corrected chi connectivity index (χ0v) is 17.7. The Bertz CT molecular complexity index is 1130. The summed E-state index contributed by atoms with van der Waals surface area (Å²) in [6, 6.07) is 14.9. The number of methoxy groups -OCH3 is 1. The van der Waals surface area contributed by atoms with Gasteiger partial charge >= 0.3 is 0 Å². The van der Waals surface area contributed by atoms with Crippen molar-refractivity contribution in [3.05, 3.63) is 81.4 Å². The highest BCUT2D eigenvalue weighted by molar-refractivity contribution is 6.30. The monoisotopic (exact) mass is 436 g/mol. The summed E-state index contributed by atoms with van der Waals surface area (Å²) in [5, 5.41) is 10.4. The van der Waals surface area contributed by atoms with E-state index in [0.29, 0.717) is 53.7 Å². The number of ether oxygens (including phenoxy) is 3. The molecule has 2 aromatic rings. The molecule has 7 heteroatoms. The van der Waals surface area contributed by atoms with Gasteiger partial charge in [-0.3, -0.25) is 4.79 Å². The zero-order chi connectivity index (χ0) is 22.0. The van der Waals surface area contributed by atoms with E-state index in [1.54, 1.807) is 31.4 Å². The molecule has 0 bridgehead atoms. The Kier molecular flexibility index (Phi) is 5.88. The maximum Gasteiger partial charge on any atom is 0.205 e. The van der Waals surface area contributed by atoms with Crippen molar-refractivity contribution in [2.24, 2.45) is 5.73 Å². The first-order chi connectivity index (χ1) is 15.0. The second-order valence-corrected chi connectivity index (χ2v) is 7.80. The molecule has 1 heterocycles. The van der Waals surface area contributed by atoms with E-state index >= 15 is 0 Å². The number of nitriles is 1. The lowest BCUT2D eigenvalue weighted by atomic mass is 9.77. The van der Waals surface area contributed by atoms with Gasteiger partial charge in [-0.1, -0.05) is 29.8 Å². The van der Waals surface area contributed by atoms with Crippen molar-refractivity contribution in [2.45, 2.75) is 31.8 Å². The minimum Gasteiger partial charge on any atom is -0.493 e. The Balaban J connectivity index is 1.72. The number of rotatable bonds is 5. The summed E-state index contributed by atoms with van der Waals surface area (Å²) in [5.41, 5.74) is 8.43. The molecule has 0 spiro atoms. The standard InChI is InChI=1S/C24H21ClN2O4/c1-29-19-10-7-15(11-21(19)30-13-14-5-8-16(25)9-6-14)22-17(12-26)24(27)31-20-4-2-3-18(28)23(20)22/h5-11,22H,2-4,13,27H2,1H3/t22-/m1/s1. The molecule has 0 saturated carbocycles. The summed E-state index contributed by atoms with van der Waals surface area (Å²) in [7, 11) is 1.56. The SMILES string of the molecule is COc1ccc([C@@H]2C(C#N)=C(N)OC3=C2C(=O)CCC3)cc1OCc1ccc(Cl)cc1. The van der Waals surface area contributed by atoms with Crippen molar-refractivity contribution in [3.63, 3.8) is 0 Å². The molecule has 4 rings (SSSR count). The van der Waals surface area contributed by atoms with Gasteiger partial charge in [-0.25, -0.2) is 0 Å². The first-order valence-electron chi connectivity index (χ1n) is 9.90. The molecule has 31 heavy (non-hydrogen) atoms. The number of nitrogens with zero attached hydrogens (tertiary/aromatic N) is 1. The van der Waals surface area contributed by atoms with Crippen LogP contribution < -0.4 is 15.2 Å². The van der Waals surface area contributed by atoms with Gasteiger partial charge in [0.25, 0.3) is 0 Å². The molecule has 0 amide bonds. The third-order valence-electron chi connectivity index (χ3n) is 5.43. The van der Waals surface area contributed by atoms with E-state index in [9.17, 15) is 10.1 Å². The molecule has 0 unspecified atom stereocenters. The van der Waals surface area contributed by atoms with Gasteiger partial charge in [0, 0.05) is 23.4 Å². The number of carbonyl (C=O) groups is 1. The number of nitrogens with two attached hydrogens (primary N) is 1. The minimum atomic E-state index is -0.592. The predicted molar refractivity (Wildman–Crippen MR) is 115 cm³/mol. The van der Waals surface area contributed by atoms with Crippen LogP contribution in [0.2, 0.25) is 5.02 Å². The van der Waals surface area contributed by atoms with E-state index in [4.69, 9.17) is 31.5 Å². The van der Waals surface area contributed by atoms with Crippen LogP contribution in [0, 0.1) is 11.3 Å². The van der Waals surface area contributed by atoms with Crippen LogP contribution in [0.4, 0.5) is 0 Å². The molecule has 1 aliphatic carbocycles.